The van der Waals surface area contributed by atoms with Crippen molar-refractivity contribution in [1.29, 1.82) is 0 Å². The molecule has 1 saturated carbocycles. The summed E-state index contributed by atoms with van der Waals surface area (Å²) >= 11 is 0. The molecule has 106 valence electrons. The number of ether oxygens (including phenoxy) is 2. The monoisotopic (exact) mass is 267 g/mol. The van der Waals surface area contributed by atoms with E-state index in [4.69, 9.17) is 15.2 Å². The van der Waals surface area contributed by atoms with E-state index in [0.717, 1.165) is 13.1 Å². The number of nitrogens with two attached hydrogens (primary N) is 1. The van der Waals surface area contributed by atoms with Crippen LogP contribution in [0, 0.1) is 11.8 Å². The number of methoxy groups -OCH3 is 2. The second kappa shape index (κ2) is 6.51. The minimum atomic E-state index is 0.246. The van der Waals surface area contributed by atoms with Gasteiger partial charge in [0, 0.05) is 6.54 Å². The van der Waals surface area contributed by atoms with E-state index >= 15 is 0 Å². The molecule has 7 nitrogen and oxygen atoms in total. The lowest BCUT2D eigenvalue weighted by Crippen LogP contribution is -2.25. The number of aromatic nitrogens is 3. The predicted octanol–water partition coefficient (Wildman–Crippen LogP) is 0.676. The number of nitrogens with zero attached hydrogens (tertiary/aromatic N) is 3. The van der Waals surface area contributed by atoms with E-state index in [1.54, 1.807) is 0 Å². The van der Waals surface area contributed by atoms with Gasteiger partial charge in [-0.2, -0.15) is 9.97 Å². The molecule has 1 aliphatic carbocycles. The molecule has 0 amide bonds. The normalized spacial score (nSPS) is 22.3. The van der Waals surface area contributed by atoms with Crippen LogP contribution in [0.25, 0.3) is 0 Å². The van der Waals surface area contributed by atoms with Crippen molar-refractivity contribution >= 4 is 5.95 Å². The van der Waals surface area contributed by atoms with Crippen molar-refractivity contribution in [3.8, 4) is 12.0 Å². The molecule has 1 aromatic rings. The average molecular weight is 267 g/mol. The number of nitrogens with one attached hydrogen (secondary N) is 1. The lowest BCUT2D eigenvalue weighted by atomic mass is 9.96. The maximum Gasteiger partial charge on any atom is 0.324 e. The van der Waals surface area contributed by atoms with Gasteiger partial charge in [-0.1, -0.05) is 6.42 Å². The highest BCUT2D eigenvalue weighted by Crippen LogP contribution is 2.30. The molecule has 2 unspecified atom stereocenters. The molecule has 2 atom stereocenters. The van der Waals surface area contributed by atoms with Gasteiger partial charge < -0.3 is 20.5 Å². The minimum Gasteiger partial charge on any atom is -0.467 e. The summed E-state index contributed by atoms with van der Waals surface area (Å²) in [7, 11) is 3.03. The molecule has 19 heavy (non-hydrogen) atoms. The van der Waals surface area contributed by atoms with Crippen LogP contribution < -0.4 is 20.5 Å². The van der Waals surface area contributed by atoms with Crippen molar-refractivity contribution in [2.45, 2.75) is 19.3 Å². The molecule has 0 bridgehead atoms. The Hall–Kier alpha value is -1.63. The number of hydrogen-bond acceptors (Lipinski definition) is 7. The van der Waals surface area contributed by atoms with Gasteiger partial charge in [0.25, 0.3) is 0 Å². The first-order valence-electron chi connectivity index (χ1n) is 6.54. The Morgan fingerprint density at radius 1 is 1.11 bits per heavy atom. The Labute approximate surface area is 112 Å². The first kappa shape index (κ1) is 13.8. The maximum atomic E-state index is 5.78. The predicted molar refractivity (Wildman–Crippen MR) is 71.3 cm³/mol. The van der Waals surface area contributed by atoms with Crippen LogP contribution in [-0.4, -0.2) is 42.3 Å². The van der Waals surface area contributed by atoms with Crippen molar-refractivity contribution in [3.63, 3.8) is 0 Å². The van der Waals surface area contributed by atoms with E-state index < -0.39 is 0 Å². The molecule has 3 N–H and O–H groups in total. The van der Waals surface area contributed by atoms with Crippen molar-refractivity contribution in [1.82, 2.24) is 15.0 Å². The summed E-state index contributed by atoms with van der Waals surface area (Å²) in [6, 6.07) is 0.493. The van der Waals surface area contributed by atoms with E-state index in [2.05, 4.69) is 20.3 Å². The van der Waals surface area contributed by atoms with Gasteiger partial charge in [0.05, 0.1) is 14.2 Å². The molecule has 7 heteroatoms. The van der Waals surface area contributed by atoms with E-state index in [1.165, 1.54) is 33.5 Å². The largest absolute Gasteiger partial charge is 0.467 e. The van der Waals surface area contributed by atoms with Crippen molar-refractivity contribution < 1.29 is 9.47 Å². The first-order valence-corrected chi connectivity index (χ1v) is 6.54. The second-order valence-electron chi connectivity index (χ2n) is 4.70. The van der Waals surface area contributed by atoms with Crippen LogP contribution in [0.15, 0.2) is 0 Å². The summed E-state index contributed by atoms with van der Waals surface area (Å²) in [6.45, 7) is 1.56. The molecule has 1 aliphatic rings. The van der Waals surface area contributed by atoms with Gasteiger partial charge in [-0.3, -0.25) is 0 Å². The van der Waals surface area contributed by atoms with Gasteiger partial charge >= 0.3 is 12.0 Å². The molecule has 0 radical (unpaired) electrons. The standard InChI is InChI=1S/C12H21N5O2/c1-18-11-15-10(16-12(17-11)19-2)14-7-9-5-3-4-8(9)6-13/h8-9H,3-7,13H2,1-2H3,(H,14,15,16,17). The lowest BCUT2D eigenvalue weighted by Gasteiger charge is -2.18. The quantitative estimate of drug-likeness (QED) is 0.782. The molecule has 2 rings (SSSR count). The fraction of sp³-hybridized carbons (Fsp3) is 0.750. The maximum absolute atomic E-state index is 5.78. The highest BCUT2D eigenvalue weighted by molar-refractivity contribution is 5.27. The van der Waals surface area contributed by atoms with Crippen LogP contribution in [0.4, 0.5) is 5.95 Å². The van der Waals surface area contributed by atoms with E-state index in [9.17, 15) is 0 Å². The third-order valence-electron chi connectivity index (χ3n) is 3.60. The van der Waals surface area contributed by atoms with E-state index in [-0.39, 0.29) is 12.0 Å². The molecule has 0 saturated heterocycles. The molecule has 1 aromatic heterocycles. The zero-order chi connectivity index (χ0) is 13.7. The fourth-order valence-corrected chi connectivity index (χ4v) is 2.51. The fourth-order valence-electron chi connectivity index (χ4n) is 2.51. The third kappa shape index (κ3) is 3.44. The Kier molecular flexibility index (Phi) is 4.73. The van der Waals surface area contributed by atoms with Crippen molar-refractivity contribution in [2.75, 3.05) is 32.6 Å². The highest BCUT2D eigenvalue weighted by atomic mass is 16.5. The number of hydrogen-bond donors (Lipinski definition) is 2. The van der Waals surface area contributed by atoms with Crippen molar-refractivity contribution in [2.24, 2.45) is 17.6 Å². The van der Waals surface area contributed by atoms with Crippen LogP contribution in [0.2, 0.25) is 0 Å². The second-order valence-corrected chi connectivity index (χ2v) is 4.70. The molecule has 1 heterocycles. The minimum absolute atomic E-state index is 0.246. The zero-order valence-corrected chi connectivity index (χ0v) is 11.4. The Bertz CT molecular complexity index is 393. The summed E-state index contributed by atoms with van der Waals surface area (Å²) in [5.41, 5.74) is 5.78. The molecule has 0 aliphatic heterocycles. The molecule has 0 aromatic carbocycles. The van der Waals surface area contributed by atoms with Gasteiger partial charge in [-0.05, 0) is 31.2 Å². The van der Waals surface area contributed by atoms with Gasteiger partial charge in [0.2, 0.25) is 5.95 Å². The summed E-state index contributed by atoms with van der Waals surface area (Å²) in [6.07, 6.45) is 3.67. The first-order chi connectivity index (χ1) is 9.26. The van der Waals surface area contributed by atoms with E-state index in [0.29, 0.717) is 17.8 Å². The third-order valence-corrected chi connectivity index (χ3v) is 3.60. The number of rotatable bonds is 6. The summed E-state index contributed by atoms with van der Waals surface area (Å²) in [5.74, 6) is 1.66. The topological polar surface area (TPSA) is 95.2 Å². The summed E-state index contributed by atoms with van der Waals surface area (Å²) < 4.78 is 10.0. The molecule has 0 spiro atoms. The zero-order valence-electron chi connectivity index (χ0n) is 11.4. The Balaban J connectivity index is 1.98. The van der Waals surface area contributed by atoms with Crippen LogP contribution in [0.1, 0.15) is 19.3 Å². The van der Waals surface area contributed by atoms with Gasteiger partial charge in [0.1, 0.15) is 0 Å². The van der Waals surface area contributed by atoms with Crippen LogP contribution >= 0.6 is 0 Å². The Morgan fingerprint density at radius 3 is 2.32 bits per heavy atom. The summed E-state index contributed by atoms with van der Waals surface area (Å²) in [5, 5.41) is 3.22. The molecular weight excluding hydrogens is 246 g/mol. The average Bonchev–Trinajstić information content (AvgIpc) is 2.92. The lowest BCUT2D eigenvalue weighted by molar-refractivity contribution is 0.340. The van der Waals surface area contributed by atoms with Gasteiger partial charge in [0.15, 0.2) is 0 Å². The smallest absolute Gasteiger partial charge is 0.324 e. The molecular formula is C12H21N5O2. The van der Waals surface area contributed by atoms with Gasteiger partial charge in [-0.25, -0.2) is 0 Å². The SMILES string of the molecule is COc1nc(NCC2CCCC2CN)nc(OC)n1. The van der Waals surface area contributed by atoms with Crippen molar-refractivity contribution in [3.05, 3.63) is 0 Å². The van der Waals surface area contributed by atoms with E-state index in [1.807, 2.05) is 0 Å². The summed E-state index contributed by atoms with van der Waals surface area (Å²) in [4.78, 5) is 12.2. The molecule has 1 fully saturated rings. The Morgan fingerprint density at radius 2 is 1.74 bits per heavy atom. The van der Waals surface area contributed by atoms with Gasteiger partial charge in [-0.15, -0.1) is 4.98 Å². The number of anilines is 1. The van der Waals surface area contributed by atoms with Crippen LogP contribution in [0.5, 0.6) is 12.0 Å². The highest BCUT2D eigenvalue weighted by Gasteiger charge is 2.25. The van der Waals surface area contributed by atoms with Crippen LogP contribution in [0.3, 0.4) is 0 Å². The van der Waals surface area contributed by atoms with Crippen LogP contribution in [-0.2, 0) is 0 Å².